The van der Waals surface area contributed by atoms with Crippen molar-refractivity contribution in [1.82, 2.24) is 15.1 Å². The molecule has 0 aliphatic rings. The normalized spacial score (nSPS) is 13.0. The first-order valence-electron chi connectivity index (χ1n) is 6.66. The Labute approximate surface area is 125 Å². The van der Waals surface area contributed by atoms with Crippen molar-refractivity contribution in [3.8, 4) is 0 Å². The number of rotatable bonds is 3. The van der Waals surface area contributed by atoms with Gasteiger partial charge in [-0.2, -0.15) is 18.3 Å². The summed E-state index contributed by atoms with van der Waals surface area (Å²) in [5.41, 5.74) is 0.718. The van der Waals surface area contributed by atoms with Gasteiger partial charge in [0.2, 0.25) is 0 Å². The highest BCUT2D eigenvalue weighted by Gasteiger charge is 2.31. The van der Waals surface area contributed by atoms with Gasteiger partial charge in [-0.3, -0.25) is 9.48 Å². The third-order valence-electron chi connectivity index (χ3n) is 3.32. The summed E-state index contributed by atoms with van der Waals surface area (Å²) in [6, 6.07) is 4.00. The molecule has 22 heavy (non-hydrogen) atoms. The number of nitrogens with zero attached hydrogens (tertiary/aromatic N) is 2. The molecule has 1 N–H and O–H groups in total. The maximum atomic E-state index is 12.7. The van der Waals surface area contributed by atoms with Crippen LogP contribution in [0, 0.1) is 6.92 Å². The summed E-state index contributed by atoms with van der Waals surface area (Å²) in [7, 11) is 1.76. The fourth-order valence-corrected chi connectivity index (χ4v) is 2.24. The number of carbonyl (C=O) groups is 1. The van der Waals surface area contributed by atoms with E-state index in [2.05, 4.69) is 10.4 Å². The third-order valence-corrected chi connectivity index (χ3v) is 3.32. The molecule has 1 atom stereocenters. The highest BCUT2D eigenvalue weighted by atomic mass is 19.4. The smallest absolute Gasteiger partial charge is 0.345 e. The lowest BCUT2D eigenvalue weighted by Crippen LogP contribution is -2.27. The number of hydrogen-bond acceptors (Lipinski definition) is 2. The van der Waals surface area contributed by atoms with Gasteiger partial charge in [-0.15, -0.1) is 0 Å². The van der Waals surface area contributed by atoms with Crippen molar-refractivity contribution in [2.75, 3.05) is 0 Å². The molecule has 0 aliphatic heterocycles. The minimum absolute atomic E-state index is 0.0248. The van der Waals surface area contributed by atoms with Crippen LogP contribution < -0.4 is 5.32 Å². The van der Waals surface area contributed by atoms with E-state index in [0.717, 1.165) is 23.4 Å². The van der Waals surface area contributed by atoms with E-state index in [1.807, 2.05) is 6.92 Å². The van der Waals surface area contributed by atoms with E-state index >= 15 is 0 Å². The Morgan fingerprint density at radius 3 is 2.59 bits per heavy atom. The Balaban J connectivity index is 2.17. The average Bonchev–Trinajstić information content (AvgIpc) is 2.77. The standard InChI is InChI=1S/C15H16F3N3O/c1-9(13-8-21(3)20-10(13)2)19-14(22)11-5-4-6-12(7-11)15(16,17)18/h4-9H,1-3H3,(H,19,22). The molecule has 118 valence electrons. The number of aromatic nitrogens is 2. The SMILES string of the molecule is Cc1nn(C)cc1C(C)NC(=O)c1cccc(C(F)(F)F)c1. The van der Waals surface area contributed by atoms with Gasteiger partial charge in [0.1, 0.15) is 0 Å². The van der Waals surface area contributed by atoms with Crippen LogP contribution in [-0.4, -0.2) is 15.7 Å². The number of halogens is 3. The van der Waals surface area contributed by atoms with Crippen LogP contribution in [0.2, 0.25) is 0 Å². The molecule has 0 bridgehead atoms. The van der Waals surface area contributed by atoms with Crippen molar-refractivity contribution in [2.24, 2.45) is 7.05 Å². The first-order valence-corrected chi connectivity index (χ1v) is 6.66. The highest BCUT2D eigenvalue weighted by molar-refractivity contribution is 5.94. The molecular weight excluding hydrogens is 295 g/mol. The van der Waals surface area contributed by atoms with Gasteiger partial charge in [-0.25, -0.2) is 0 Å². The van der Waals surface area contributed by atoms with Gasteiger partial charge < -0.3 is 5.32 Å². The zero-order valence-electron chi connectivity index (χ0n) is 12.4. The molecule has 1 unspecified atom stereocenters. The number of nitrogens with one attached hydrogen (secondary N) is 1. The molecule has 2 rings (SSSR count). The second-order valence-electron chi connectivity index (χ2n) is 5.12. The van der Waals surface area contributed by atoms with Gasteiger partial charge >= 0.3 is 6.18 Å². The zero-order valence-corrected chi connectivity index (χ0v) is 12.4. The first-order chi connectivity index (χ1) is 10.2. The van der Waals surface area contributed by atoms with Crippen LogP contribution in [-0.2, 0) is 13.2 Å². The largest absolute Gasteiger partial charge is 0.416 e. The van der Waals surface area contributed by atoms with E-state index in [0.29, 0.717) is 0 Å². The molecule has 0 fully saturated rings. The van der Waals surface area contributed by atoms with Crippen LogP contribution in [0.25, 0.3) is 0 Å². The molecule has 4 nitrogen and oxygen atoms in total. The lowest BCUT2D eigenvalue weighted by Gasteiger charge is -2.14. The Hall–Kier alpha value is -2.31. The molecule has 1 amide bonds. The molecule has 0 radical (unpaired) electrons. The summed E-state index contributed by atoms with van der Waals surface area (Å²) >= 11 is 0. The number of hydrogen-bond donors (Lipinski definition) is 1. The van der Waals surface area contributed by atoms with E-state index in [1.54, 1.807) is 24.9 Å². The third kappa shape index (κ3) is 3.47. The lowest BCUT2D eigenvalue weighted by molar-refractivity contribution is -0.137. The molecular formula is C15H16F3N3O. The number of amides is 1. The van der Waals surface area contributed by atoms with E-state index < -0.39 is 17.6 Å². The maximum absolute atomic E-state index is 12.7. The van der Waals surface area contributed by atoms with Crippen molar-refractivity contribution in [3.05, 3.63) is 52.8 Å². The summed E-state index contributed by atoms with van der Waals surface area (Å²) in [5.74, 6) is -0.554. The fraction of sp³-hybridized carbons (Fsp3) is 0.333. The van der Waals surface area contributed by atoms with Crippen LogP contribution in [0.15, 0.2) is 30.5 Å². The van der Waals surface area contributed by atoms with E-state index in [9.17, 15) is 18.0 Å². The number of alkyl halides is 3. The molecule has 1 aromatic heterocycles. The monoisotopic (exact) mass is 311 g/mol. The van der Waals surface area contributed by atoms with Crippen LogP contribution in [0.3, 0.4) is 0 Å². The zero-order chi connectivity index (χ0) is 16.5. The average molecular weight is 311 g/mol. The van der Waals surface area contributed by atoms with Crippen molar-refractivity contribution < 1.29 is 18.0 Å². The molecule has 7 heteroatoms. The molecule has 0 saturated carbocycles. The van der Waals surface area contributed by atoms with Crippen LogP contribution in [0.4, 0.5) is 13.2 Å². The van der Waals surface area contributed by atoms with Gasteiger partial charge in [-0.1, -0.05) is 6.07 Å². The minimum Gasteiger partial charge on any atom is -0.345 e. The molecule has 2 aromatic rings. The molecule has 1 aromatic carbocycles. The summed E-state index contributed by atoms with van der Waals surface area (Å²) < 4.78 is 39.6. The van der Waals surface area contributed by atoms with Crippen molar-refractivity contribution in [2.45, 2.75) is 26.1 Å². The predicted molar refractivity (Wildman–Crippen MR) is 75.3 cm³/mol. The van der Waals surface area contributed by atoms with Gasteiger partial charge in [0.05, 0.1) is 17.3 Å². The predicted octanol–water partition coefficient (Wildman–Crippen LogP) is 3.24. The highest BCUT2D eigenvalue weighted by Crippen LogP contribution is 2.29. The van der Waals surface area contributed by atoms with Gasteiger partial charge in [0.15, 0.2) is 0 Å². The lowest BCUT2D eigenvalue weighted by atomic mass is 10.1. The topological polar surface area (TPSA) is 46.9 Å². The Bertz CT molecular complexity index is 692. The Kier molecular flexibility index (Phi) is 4.25. The van der Waals surface area contributed by atoms with Crippen molar-refractivity contribution >= 4 is 5.91 Å². The van der Waals surface area contributed by atoms with Crippen LogP contribution >= 0.6 is 0 Å². The molecule has 0 aliphatic carbocycles. The van der Waals surface area contributed by atoms with Crippen molar-refractivity contribution in [3.63, 3.8) is 0 Å². The number of carbonyl (C=O) groups excluding carboxylic acids is 1. The second-order valence-corrected chi connectivity index (χ2v) is 5.12. The number of aryl methyl sites for hydroxylation is 2. The Morgan fingerprint density at radius 1 is 1.36 bits per heavy atom. The van der Waals surface area contributed by atoms with Crippen LogP contribution in [0.1, 0.15) is 40.1 Å². The number of benzene rings is 1. The van der Waals surface area contributed by atoms with Crippen molar-refractivity contribution in [1.29, 1.82) is 0 Å². The fourth-order valence-electron chi connectivity index (χ4n) is 2.24. The van der Waals surface area contributed by atoms with Gasteiger partial charge in [0.25, 0.3) is 5.91 Å². The molecule has 0 saturated heterocycles. The minimum atomic E-state index is -4.47. The summed E-state index contributed by atoms with van der Waals surface area (Å²) in [5, 5.41) is 6.86. The van der Waals surface area contributed by atoms with Crippen LogP contribution in [0.5, 0.6) is 0 Å². The van der Waals surface area contributed by atoms with E-state index in [4.69, 9.17) is 0 Å². The quantitative estimate of drug-likeness (QED) is 0.946. The van der Waals surface area contributed by atoms with E-state index in [1.165, 1.54) is 12.1 Å². The summed E-state index contributed by atoms with van der Waals surface area (Å²) in [4.78, 5) is 12.1. The molecule has 1 heterocycles. The summed E-state index contributed by atoms with van der Waals surface area (Å²) in [6.45, 7) is 3.57. The molecule has 0 spiro atoms. The second kappa shape index (κ2) is 5.82. The maximum Gasteiger partial charge on any atom is 0.416 e. The van der Waals surface area contributed by atoms with Gasteiger partial charge in [-0.05, 0) is 32.0 Å². The Morgan fingerprint density at radius 2 is 2.05 bits per heavy atom. The summed E-state index contributed by atoms with van der Waals surface area (Å²) in [6.07, 6.45) is -2.70. The first kappa shape index (κ1) is 16.1. The van der Waals surface area contributed by atoms with Gasteiger partial charge in [0, 0.05) is 24.4 Å². The van der Waals surface area contributed by atoms with E-state index in [-0.39, 0.29) is 11.6 Å².